The molecule has 2 nitrogen and oxygen atoms in total. The van der Waals surface area contributed by atoms with Gasteiger partial charge in [-0.3, -0.25) is 0 Å². The van der Waals surface area contributed by atoms with Crippen LogP contribution < -0.4 is 0 Å². The van der Waals surface area contributed by atoms with Crippen LogP contribution in [0, 0.1) is 6.07 Å². The van der Waals surface area contributed by atoms with Crippen molar-refractivity contribution in [1.82, 2.24) is 4.98 Å². The van der Waals surface area contributed by atoms with Crippen molar-refractivity contribution < 1.29 is 4.42 Å². The number of hydrogen-bond acceptors (Lipinski definition) is 3. The molecule has 1 aromatic carbocycles. The van der Waals surface area contributed by atoms with Crippen LogP contribution in [0.2, 0.25) is 0 Å². The summed E-state index contributed by atoms with van der Waals surface area (Å²) in [7, 11) is 0. The number of hydrogen-bond donors (Lipinski definition) is 1. The number of rotatable bonds is 0. The molecule has 49 valence electrons. The van der Waals surface area contributed by atoms with Gasteiger partial charge in [0.25, 0.3) is 5.22 Å². The van der Waals surface area contributed by atoms with Crippen LogP contribution in [0.25, 0.3) is 11.1 Å². The lowest BCUT2D eigenvalue weighted by Gasteiger charge is -1.78. The second-order valence-corrected chi connectivity index (χ2v) is 2.26. The predicted octanol–water partition coefficient (Wildman–Crippen LogP) is 1.92. The molecule has 0 saturated carbocycles. The summed E-state index contributed by atoms with van der Waals surface area (Å²) in [5.74, 6) is 0. The van der Waals surface area contributed by atoms with Gasteiger partial charge in [0.15, 0.2) is 5.58 Å². The minimum atomic E-state index is 0.387. The van der Waals surface area contributed by atoms with Crippen LogP contribution in [0.15, 0.2) is 27.8 Å². The zero-order valence-corrected chi connectivity index (χ0v) is 5.93. The first-order valence-corrected chi connectivity index (χ1v) is 3.27. The standard InChI is InChI=1S/C7H4NOS/c10-7-8-5-3-1-2-4-6(5)9-7/h1-2,4H,(H,8,10). The molecule has 1 heterocycles. The fourth-order valence-electron chi connectivity index (χ4n) is 0.799. The quantitative estimate of drug-likeness (QED) is 0.580. The summed E-state index contributed by atoms with van der Waals surface area (Å²) in [4.78, 5) is 3.96. The van der Waals surface area contributed by atoms with E-state index in [2.05, 4.69) is 23.7 Å². The SMILES string of the molecule is Sc1nc2[c]cccc2o1. The Bertz CT molecular complexity index is 322. The van der Waals surface area contributed by atoms with E-state index in [1.165, 1.54) is 0 Å². The Hall–Kier alpha value is -0.960. The van der Waals surface area contributed by atoms with Crippen molar-refractivity contribution in [3.8, 4) is 0 Å². The summed E-state index contributed by atoms with van der Waals surface area (Å²) in [5, 5.41) is 0.387. The number of oxazole rings is 1. The number of benzene rings is 1. The van der Waals surface area contributed by atoms with E-state index in [4.69, 9.17) is 4.42 Å². The maximum Gasteiger partial charge on any atom is 0.253 e. The summed E-state index contributed by atoms with van der Waals surface area (Å²) in [5.41, 5.74) is 1.46. The highest BCUT2D eigenvalue weighted by molar-refractivity contribution is 7.80. The highest BCUT2D eigenvalue weighted by Gasteiger charge is 1.98. The van der Waals surface area contributed by atoms with Crippen molar-refractivity contribution in [3.05, 3.63) is 24.3 Å². The fraction of sp³-hybridized carbons (Fsp3) is 0. The number of nitrogens with zero attached hydrogens (tertiary/aromatic N) is 1. The van der Waals surface area contributed by atoms with Gasteiger partial charge >= 0.3 is 0 Å². The van der Waals surface area contributed by atoms with Gasteiger partial charge in [0.2, 0.25) is 0 Å². The van der Waals surface area contributed by atoms with E-state index < -0.39 is 0 Å². The molecule has 0 aliphatic rings. The maximum absolute atomic E-state index is 5.09. The van der Waals surface area contributed by atoms with Gasteiger partial charge in [-0.25, -0.2) is 4.98 Å². The predicted molar refractivity (Wildman–Crippen MR) is 40.1 cm³/mol. The maximum atomic E-state index is 5.09. The summed E-state index contributed by atoms with van der Waals surface area (Å²) in [6.45, 7) is 0. The fourth-order valence-corrected chi connectivity index (χ4v) is 0.998. The van der Waals surface area contributed by atoms with E-state index in [9.17, 15) is 0 Å². The molecule has 0 atom stereocenters. The van der Waals surface area contributed by atoms with Crippen molar-refractivity contribution in [2.75, 3.05) is 0 Å². The minimum Gasteiger partial charge on any atom is -0.432 e. The molecule has 0 bridgehead atoms. The molecule has 1 radical (unpaired) electrons. The van der Waals surface area contributed by atoms with Crippen LogP contribution in [-0.4, -0.2) is 4.98 Å². The Labute approximate surface area is 63.3 Å². The number of para-hydroxylation sites is 1. The van der Waals surface area contributed by atoms with Crippen LogP contribution in [-0.2, 0) is 0 Å². The first-order chi connectivity index (χ1) is 4.86. The van der Waals surface area contributed by atoms with Gasteiger partial charge in [0.1, 0.15) is 5.52 Å². The highest BCUT2D eigenvalue weighted by atomic mass is 32.1. The van der Waals surface area contributed by atoms with Crippen LogP contribution in [0.1, 0.15) is 0 Å². The van der Waals surface area contributed by atoms with Crippen molar-refractivity contribution >= 4 is 23.7 Å². The lowest BCUT2D eigenvalue weighted by molar-refractivity contribution is 0.492. The Kier molecular flexibility index (Phi) is 1.17. The molecule has 10 heavy (non-hydrogen) atoms. The van der Waals surface area contributed by atoms with Crippen LogP contribution in [0.4, 0.5) is 0 Å². The van der Waals surface area contributed by atoms with Crippen LogP contribution in [0.3, 0.4) is 0 Å². The molecule has 0 aliphatic carbocycles. The molecule has 0 spiro atoms. The third kappa shape index (κ3) is 0.789. The molecule has 0 unspecified atom stereocenters. The Balaban J connectivity index is 2.88. The van der Waals surface area contributed by atoms with Crippen LogP contribution in [0.5, 0.6) is 0 Å². The van der Waals surface area contributed by atoms with E-state index in [-0.39, 0.29) is 0 Å². The third-order valence-corrected chi connectivity index (χ3v) is 1.40. The van der Waals surface area contributed by atoms with Gasteiger partial charge in [-0.05, 0) is 6.07 Å². The van der Waals surface area contributed by atoms with E-state index in [1.54, 1.807) is 6.07 Å². The second kappa shape index (κ2) is 2.02. The van der Waals surface area contributed by atoms with Gasteiger partial charge in [-0.15, -0.1) is 0 Å². The average Bonchev–Trinajstić information content (AvgIpc) is 2.27. The molecular weight excluding hydrogens is 146 g/mol. The normalized spacial score (nSPS) is 10.5. The molecule has 0 fully saturated rings. The monoisotopic (exact) mass is 150 g/mol. The summed E-state index contributed by atoms with van der Waals surface area (Å²) < 4.78 is 5.09. The van der Waals surface area contributed by atoms with E-state index in [0.717, 1.165) is 11.1 Å². The minimum absolute atomic E-state index is 0.387. The van der Waals surface area contributed by atoms with E-state index in [0.29, 0.717) is 5.22 Å². The molecule has 2 rings (SSSR count). The molecule has 3 heteroatoms. The van der Waals surface area contributed by atoms with Crippen molar-refractivity contribution in [2.45, 2.75) is 5.22 Å². The lowest BCUT2D eigenvalue weighted by atomic mass is 10.3. The average molecular weight is 150 g/mol. The molecule has 0 N–H and O–H groups in total. The summed E-state index contributed by atoms with van der Waals surface area (Å²) >= 11 is 3.95. The first kappa shape index (κ1) is 5.80. The molecule has 1 aromatic heterocycles. The zero-order chi connectivity index (χ0) is 6.97. The summed E-state index contributed by atoms with van der Waals surface area (Å²) in [6, 6.07) is 8.39. The largest absolute Gasteiger partial charge is 0.432 e. The third-order valence-electron chi connectivity index (χ3n) is 1.21. The van der Waals surface area contributed by atoms with Gasteiger partial charge in [0.05, 0.1) is 0 Å². The van der Waals surface area contributed by atoms with Gasteiger partial charge in [-0.2, -0.15) is 0 Å². The smallest absolute Gasteiger partial charge is 0.253 e. The molecule has 0 amide bonds. The Morgan fingerprint density at radius 3 is 3.30 bits per heavy atom. The topological polar surface area (TPSA) is 26.0 Å². The Morgan fingerprint density at radius 2 is 2.50 bits per heavy atom. The van der Waals surface area contributed by atoms with Crippen molar-refractivity contribution in [3.63, 3.8) is 0 Å². The molecular formula is C7H4NOS. The van der Waals surface area contributed by atoms with Gasteiger partial charge < -0.3 is 4.42 Å². The van der Waals surface area contributed by atoms with E-state index in [1.807, 2.05) is 12.1 Å². The van der Waals surface area contributed by atoms with Crippen molar-refractivity contribution in [2.24, 2.45) is 0 Å². The van der Waals surface area contributed by atoms with Crippen LogP contribution >= 0.6 is 12.6 Å². The number of thiol groups is 1. The van der Waals surface area contributed by atoms with Crippen molar-refractivity contribution in [1.29, 1.82) is 0 Å². The Morgan fingerprint density at radius 1 is 1.60 bits per heavy atom. The first-order valence-electron chi connectivity index (χ1n) is 2.82. The molecule has 0 aliphatic heterocycles. The van der Waals surface area contributed by atoms with E-state index >= 15 is 0 Å². The molecule has 2 aromatic rings. The van der Waals surface area contributed by atoms with Gasteiger partial charge in [-0.1, -0.05) is 24.8 Å². The zero-order valence-electron chi connectivity index (χ0n) is 5.03. The second-order valence-electron chi connectivity index (χ2n) is 1.88. The number of aromatic nitrogens is 1. The number of fused-ring (bicyclic) bond motifs is 1. The van der Waals surface area contributed by atoms with Gasteiger partial charge in [0, 0.05) is 6.07 Å². The summed E-state index contributed by atoms with van der Waals surface area (Å²) in [6.07, 6.45) is 0. The highest BCUT2D eigenvalue weighted by Crippen LogP contribution is 2.15. The lowest BCUT2D eigenvalue weighted by Crippen LogP contribution is -1.64. The molecule has 0 saturated heterocycles.